The lowest BCUT2D eigenvalue weighted by Gasteiger charge is -2.01. The van der Waals surface area contributed by atoms with E-state index < -0.39 is 0 Å². The lowest BCUT2D eigenvalue weighted by atomic mass is 10.1. The van der Waals surface area contributed by atoms with Gasteiger partial charge in [-0.25, -0.2) is 9.97 Å². The molecule has 0 saturated heterocycles. The number of aromatic nitrogens is 3. The zero-order chi connectivity index (χ0) is 11.0. The normalized spacial score (nSPS) is 10.7. The van der Waals surface area contributed by atoms with Gasteiger partial charge in [-0.3, -0.25) is 0 Å². The number of nitrogens with zero attached hydrogens (tertiary/aromatic N) is 3. The highest BCUT2D eigenvalue weighted by Gasteiger charge is 2.14. The molecule has 0 saturated carbocycles. The Hall–Kier alpha value is -1.71. The molecule has 2 aromatic heterocycles. The summed E-state index contributed by atoms with van der Waals surface area (Å²) in [6, 6.07) is 0. The molecular weight excluding hydrogens is 190 g/mol. The lowest BCUT2D eigenvalue weighted by molar-refractivity contribution is 0.426. The molecule has 0 amide bonds. The Morgan fingerprint density at radius 2 is 1.80 bits per heavy atom. The van der Waals surface area contributed by atoms with Gasteiger partial charge in [-0.15, -0.1) is 0 Å². The first kappa shape index (κ1) is 9.83. The highest BCUT2D eigenvalue weighted by molar-refractivity contribution is 5.62. The standard InChI is InChI=1S/C11H12N3O/c1-6-7(2)14-15-11(6)10-5-12-9(4)13-8(10)3/h1-4H3. The fourth-order valence-electron chi connectivity index (χ4n) is 1.40. The number of aryl methyl sites for hydroxylation is 3. The molecule has 0 atom stereocenters. The van der Waals surface area contributed by atoms with Gasteiger partial charge in [0.1, 0.15) is 12.0 Å². The van der Waals surface area contributed by atoms with Crippen molar-refractivity contribution in [2.24, 2.45) is 0 Å². The zero-order valence-electron chi connectivity index (χ0n) is 9.25. The minimum atomic E-state index is 0.713. The second-order valence-corrected chi connectivity index (χ2v) is 3.57. The number of rotatable bonds is 1. The van der Waals surface area contributed by atoms with Crippen molar-refractivity contribution in [2.75, 3.05) is 0 Å². The van der Waals surface area contributed by atoms with Crippen molar-refractivity contribution in [3.8, 4) is 11.3 Å². The van der Waals surface area contributed by atoms with Crippen LogP contribution in [0.25, 0.3) is 11.3 Å². The average molecular weight is 202 g/mol. The molecule has 0 fully saturated rings. The summed E-state index contributed by atoms with van der Waals surface area (Å²) in [6.45, 7) is 7.63. The van der Waals surface area contributed by atoms with Gasteiger partial charge >= 0.3 is 0 Å². The van der Waals surface area contributed by atoms with Crippen LogP contribution < -0.4 is 0 Å². The molecule has 0 aliphatic rings. The first-order valence-electron chi connectivity index (χ1n) is 4.75. The minimum absolute atomic E-state index is 0.713. The van der Waals surface area contributed by atoms with E-state index in [4.69, 9.17) is 4.52 Å². The molecule has 0 aliphatic carbocycles. The van der Waals surface area contributed by atoms with E-state index in [1.54, 1.807) is 0 Å². The van der Waals surface area contributed by atoms with E-state index in [2.05, 4.69) is 21.3 Å². The summed E-state index contributed by atoms with van der Waals surface area (Å²) in [5, 5.41) is 3.91. The second kappa shape index (κ2) is 3.46. The SMILES string of the molecule is Cc1n[c]c(-c2onc(C)c2C)c(C)n1. The maximum atomic E-state index is 5.24. The van der Waals surface area contributed by atoms with Gasteiger partial charge in [0.2, 0.25) is 0 Å². The van der Waals surface area contributed by atoms with Crippen LogP contribution in [0.5, 0.6) is 0 Å². The molecular formula is C11H12N3O. The van der Waals surface area contributed by atoms with Gasteiger partial charge in [0.25, 0.3) is 0 Å². The Balaban J connectivity index is 2.59. The molecule has 15 heavy (non-hydrogen) atoms. The molecule has 77 valence electrons. The smallest absolute Gasteiger partial charge is 0.174 e. The lowest BCUT2D eigenvalue weighted by Crippen LogP contribution is -1.94. The number of hydrogen-bond donors (Lipinski definition) is 0. The van der Waals surface area contributed by atoms with E-state index in [1.165, 1.54) is 0 Å². The molecule has 0 spiro atoms. The quantitative estimate of drug-likeness (QED) is 0.711. The van der Waals surface area contributed by atoms with Crippen molar-refractivity contribution >= 4 is 0 Å². The van der Waals surface area contributed by atoms with E-state index in [9.17, 15) is 0 Å². The molecule has 4 nitrogen and oxygen atoms in total. The highest BCUT2D eigenvalue weighted by Crippen LogP contribution is 2.26. The van der Waals surface area contributed by atoms with Crippen molar-refractivity contribution in [1.82, 2.24) is 15.1 Å². The number of hydrogen-bond acceptors (Lipinski definition) is 4. The fraction of sp³-hybridized carbons (Fsp3) is 0.364. The topological polar surface area (TPSA) is 51.8 Å². The molecule has 1 radical (unpaired) electrons. The summed E-state index contributed by atoms with van der Waals surface area (Å²) in [5.41, 5.74) is 3.56. The Morgan fingerprint density at radius 3 is 2.33 bits per heavy atom. The van der Waals surface area contributed by atoms with E-state index in [0.29, 0.717) is 11.6 Å². The van der Waals surface area contributed by atoms with Gasteiger partial charge in [-0.05, 0) is 27.7 Å². The van der Waals surface area contributed by atoms with Gasteiger partial charge < -0.3 is 4.52 Å². The highest BCUT2D eigenvalue weighted by atomic mass is 16.5. The van der Waals surface area contributed by atoms with Gasteiger partial charge in [0, 0.05) is 5.56 Å². The Morgan fingerprint density at radius 1 is 1.07 bits per heavy atom. The first-order valence-corrected chi connectivity index (χ1v) is 4.75. The Kier molecular flexibility index (Phi) is 2.26. The van der Waals surface area contributed by atoms with Crippen LogP contribution >= 0.6 is 0 Å². The first-order chi connectivity index (χ1) is 7.09. The van der Waals surface area contributed by atoms with Gasteiger partial charge in [0.15, 0.2) is 5.76 Å². The van der Waals surface area contributed by atoms with Crippen molar-refractivity contribution in [3.63, 3.8) is 0 Å². The summed E-state index contributed by atoms with van der Waals surface area (Å²) in [5.74, 6) is 1.43. The maximum Gasteiger partial charge on any atom is 0.174 e. The molecule has 0 unspecified atom stereocenters. The van der Waals surface area contributed by atoms with Crippen LogP contribution in [0.3, 0.4) is 0 Å². The van der Waals surface area contributed by atoms with E-state index in [0.717, 1.165) is 22.5 Å². The summed E-state index contributed by atoms with van der Waals surface area (Å²) < 4.78 is 5.24. The molecule has 0 aromatic carbocycles. The van der Waals surface area contributed by atoms with E-state index in [-0.39, 0.29) is 0 Å². The summed E-state index contributed by atoms with van der Waals surface area (Å²) in [7, 11) is 0. The largest absolute Gasteiger partial charge is 0.356 e. The monoisotopic (exact) mass is 202 g/mol. The van der Waals surface area contributed by atoms with Crippen LogP contribution in [0.2, 0.25) is 0 Å². The molecule has 0 N–H and O–H groups in total. The minimum Gasteiger partial charge on any atom is -0.356 e. The molecule has 2 heterocycles. The predicted molar refractivity (Wildman–Crippen MR) is 55.3 cm³/mol. The van der Waals surface area contributed by atoms with Crippen LogP contribution in [0.15, 0.2) is 4.52 Å². The van der Waals surface area contributed by atoms with Crippen LogP contribution in [-0.2, 0) is 0 Å². The third-order valence-electron chi connectivity index (χ3n) is 2.41. The van der Waals surface area contributed by atoms with E-state index >= 15 is 0 Å². The third-order valence-corrected chi connectivity index (χ3v) is 2.41. The fourth-order valence-corrected chi connectivity index (χ4v) is 1.40. The third kappa shape index (κ3) is 1.63. The van der Waals surface area contributed by atoms with Gasteiger partial charge in [0.05, 0.1) is 17.0 Å². The van der Waals surface area contributed by atoms with Crippen LogP contribution in [0.1, 0.15) is 22.8 Å². The van der Waals surface area contributed by atoms with Crippen molar-refractivity contribution in [1.29, 1.82) is 0 Å². The summed E-state index contributed by atoms with van der Waals surface area (Å²) >= 11 is 0. The van der Waals surface area contributed by atoms with Crippen LogP contribution in [0, 0.1) is 33.9 Å². The molecule has 2 rings (SSSR count). The van der Waals surface area contributed by atoms with Gasteiger partial charge in [-0.1, -0.05) is 5.16 Å². The van der Waals surface area contributed by atoms with Crippen molar-refractivity contribution in [2.45, 2.75) is 27.7 Å². The van der Waals surface area contributed by atoms with Crippen LogP contribution in [0.4, 0.5) is 0 Å². The summed E-state index contributed by atoms with van der Waals surface area (Å²) in [6.07, 6.45) is 2.93. The average Bonchev–Trinajstić information content (AvgIpc) is 2.49. The second-order valence-electron chi connectivity index (χ2n) is 3.57. The van der Waals surface area contributed by atoms with E-state index in [1.807, 2.05) is 27.7 Å². The molecule has 0 aliphatic heterocycles. The zero-order valence-corrected chi connectivity index (χ0v) is 9.25. The van der Waals surface area contributed by atoms with Gasteiger partial charge in [-0.2, -0.15) is 0 Å². The Bertz CT molecular complexity index is 503. The maximum absolute atomic E-state index is 5.24. The Labute approximate surface area is 88.4 Å². The molecule has 4 heteroatoms. The predicted octanol–water partition coefficient (Wildman–Crippen LogP) is 2.17. The van der Waals surface area contributed by atoms with Crippen LogP contribution in [-0.4, -0.2) is 15.1 Å². The van der Waals surface area contributed by atoms with Crippen molar-refractivity contribution < 1.29 is 4.52 Å². The summed E-state index contributed by atoms with van der Waals surface area (Å²) in [4.78, 5) is 8.31. The molecule has 2 aromatic rings. The molecule has 0 bridgehead atoms. The van der Waals surface area contributed by atoms with Crippen molar-refractivity contribution in [3.05, 3.63) is 29.0 Å².